The SMILES string of the molecule is O=C(O)[C@@H]1CC[C@H](c2ccccc2Cl)N1C(=O)c1cccc(OCCc2ccccc2)c1. The quantitative estimate of drug-likeness (QED) is 0.525. The van der Waals surface area contributed by atoms with Crippen molar-refractivity contribution in [3.05, 3.63) is 101 Å². The number of rotatable bonds is 7. The van der Waals surface area contributed by atoms with Gasteiger partial charge >= 0.3 is 5.97 Å². The van der Waals surface area contributed by atoms with Crippen LogP contribution in [-0.4, -0.2) is 34.5 Å². The Kier molecular flexibility index (Phi) is 6.76. The Hall–Kier alpha value is -3.31. The molecule has 1 saturated heterocycles. The fourth-order valence-electron chi connectivity index (χ4n) is 4.19. The van der Waals surface area contributed by atoms with E-state index in [4.69, 9.17) is 16.3 Å². The highest BCUT2D eigenvalue weighted by atomic mass is 35.5. The molecule has 164 valence electrons. The van der Waals surface area contributed by atoms with E-state index in [-0.39, 0.29) is 11.9 Å². The van der Waals surface area contributed by atoms with Crippen molar-refractivity contribution in [1.29, 1.82) is 0 Å². The van der Waals surface area contributed by atoms with Gasteiger partial charge in [-0.25, -0.2) is 4.79 Å². The average Bonchev–Trinajstić information content (AvgIpc) is 3.25. The van der Waals surface area contributed by atoms with E-state index < -0.39 is 12.0 Å². The van der Waals surface area contributed by atoms with Crippen LogP contribution in [0.15, 0.2) is 78.9 Å². The first-order chi connectivity index (χ1) is 15.5. The lowest BCUT2D eigenvalue weighted by atomic mass is 10.0. The van der Waals surface area contributed by atoms with Gasteiger partial charge < -0.3 is 14.7 Å². The summed E-state index contributed by atoms with van der Waals surface area (Å²) in [6.45, 7) is 0.478. The van der Waals surface area contributed by atoms with Gasteiger partial charge in [-0.3, -0.25) is 4.79 Å². The lowest BCUT2D eigenvalue weighted by Gasteiger charge is -2.29. The number of hydrogen-bond acceptors (Lipinski definition) is 3. The van der Waals surface area contributed by atoms with Crippen molar-refractivity contribution in [2.75, 3.05) is 6.61 Å². The summed E-state index contributed by atoms with van der Waals surface area (Å²) in [6, 6.07) is 22.9. The molecule has 5 nitrogen and oxygen atoms in total. The Morgan fingerprint density at radius 2 is 1.72 bits per heavy atom. The van der Waals surface area contributed by atoms with Crippen molar-refractivity contribution >= 4 is 23.5 Å². The van der Waals surface area contributed by atoms with Crippen LogP contribution in [-0.2, 0) is 11.2 Å². The summed E-state index contributed by atoms with van der Waals surface area (Å²) in [5.74, 6) is -0.774. The molecule has 0 aromatic heterocycles. The molecule has 2 atom stereocenters. The van der Waals surface area contributed by atoms with Gasteiger partial charge in [-0.15, -0.1) is 0 Å². The lowest BCUT2D eigenvalue weighted by molar-refractivity contribution is -0.141. The molecular weight excluding hydrogens is 426 g/mol. The van der Waals surface area contributed by atoms with Crippen LogP contribution < -0.4 is 4.74 Å². The summed E-state index contributed by atoms with van der Waals surface area (Å²) < 4.78 is 5.86. The summed E-state index contributed by atoms with van der Waals surface area (Å²) in [7, 11) is 0. The molecule has 0 spiro atoms. The van der Waals surface area contributed by atoms with Crippen molar-refractivity contribution in [2.24, 2.45) is 0 Å². The second kappa shape index (κ2) is 9.88. The minimum absolute atomic E-state index is 0.340. The Balaban J connectivity index is 1.54. The van der Waals surface area contributed by atoms with Crippen LogP contribution in [0.1, 0.15) is 40.4 Å². The molecule has 1 aliphatic rings. The van der Waals surface area contributed by atoms with Crippen LogP contribution >= 0.6 is 11.6 Å². The Bertz CT molecular complexity index is 1100. The standard InChI is InChI=1S/C26H24ClNO4/c27-22-12-5-4-11-21(22)23-13-14-24(26(30)31)28(23)25(29)19-9-6-10-20(17-19)32-16-15-18-7-2-1-3-8-18/h1-12,17,23-24H,13-16H2,(H,30,31)/t23-,24+/m1/s1. The summed E-state index contributed by atoms with van der Waals surface area (Å²) in [6.07, 6.45) is 1.67. The molecule has 4 rings (SSSR count). The van der Waals surface area contributed by atoms with E-state index in [0.29, 0.717) is 35.8 Å². The number of ether oxygens (including phenoxy) is 1. The third-order valence-corrected chi connectivity index (χ3v) is 6.10. The van der Waals surface area contributed by atoms with Crippen LogP contribution in [0.2, 0.25) is 5.02 Å². The molecule has 1 N–H and O–H groups in total. The molecule has 0 saturated carbocycles. The zero-order valence-corrected chi connectivity index (χ0v) is 18.2. The maximum atomic E-state index is 13.5. The highest BCUT2D eigenvalue weighted by molar-refractivity contribution is 6.31. The van der Waals surface area contributed by atoms with E-state index >= 15 is 0 Å². The van der Waals surface area contributed by atoms with Crippen LogP contribution in [0.4, 0.5) is 0 Å². The normalized spacial score (nSPS) is 17.8. The zero-order chi connectivity index (χ0) is 22.5. The first-order valence-electron chi connectivity index (χ1n) is 10.6. The molecule has 0 bridgehead atoms. The van der Waals surface area contributed by atoms with Gasteiger partial charge in [0.15, 0.2) is 0 Å². The van der Waals surface area contributed by atoms with Crippen LogP contribution in [0.25, 0.3) is 0 Å². The number of carboxylic acid groups (broad SMARTS) is 1. The van der Waals surface area contributed by atoms with E-state index in [0.717, 1.165) is 12.0 Å². The number of amides is 1. The fourth-order valence-corrected chi connectivity index (χ4v) is 4.45. The first-order valence-corrected chi connectivity index (χ1v) is 11.0. The lowest BCUT2D eigenvalue weighted by Crippen LogP contribution is -2.41. The number of carbonyl (C=O) groups is 2. The number of halogens is 1. The van der Waals surface area contributed by atoms with Crippen molar-refractivity contribution in [1.82, 2.24) is 4.90 Å². The molecule has 1 heterocycles. The predicted octanol–water partition coefficient (Wildman–Crippen LogP) is 5.39. The third kappa shape index (κ3) is 4.78. The second-order valence-corrected chi connectivity index (χ2v) is 8.20. The molecule has 1 fully saturated rings. The zero-order valence-electron chi connectivity index (χ0n) is 17.5. The highest BCUT2D eigenvalue weighted by Crippen LogP contribution is 2.40. The van der Waals surface area contributed by atoms with E-state index in [2.05, 4.69) is 0 Å². The minimum atomic E-state index is -1.01. The monoisotopic (exact) mass is 449 g/mol. The van der Waals surface area contributed by atoms with Crippen molar-refractivity contribution in [2.45, 2.75) is 31.3 Å². The summed E-state index contributed by atoms with van der Waals surface area (Å²) in [4.78, 5) is 26.8. The number of carbonyl (C=O) groups excluding carboxylic acids is 1. The maximum absolute atomic E-state index is 13.5. The summed E-state index contributed by atoms with van der Waals surface area (Å²) in [5.41, 5.74) is 2.33. The van der Waals surface area contributed by atoms with Crippen molar-refractivity contribution in [3.8, 4) is 5.75 Å². The molecular formula is C26H24ClNO4. The number of carboxylic acids is 1. The number of aliphatic carboxylic acids is 1. The van der Waals surface area contributed by atoms with E-state index in [1.165, 1.54) is 10.5 Å². The summed E-state index contributed by atoms with van der Waals surface area (Å²) in [5, 5.41) is 10.3. The van der Waals surface area contributed by atoms with Crippen LogP contribution in [0.3, 0.4) is 0 Å². The first kappa shape index (κ1) is 21.9. The highest BCUT2D eigenvalue weighted by Gasteiger charge is 2.42. The van der Waals surface area contributed by atoms with Gasteiger partial charge in [0.25, 0.3) is 5.91 Å². The molecule has 1 amide bonds. The number of likely N-dealkylation sites (tertiary alicyclic amines) is 1. The van der Waals surface area contributed by atoms with Gasteiger partial charge in [0.05, 0.1) is 12.6 Å². The van der Waals surface area contributed by atoms with Gasteiger partial charge in [0.2, 0.25) is 0 Å². The fraction of sp³-hybridized carbons (Fsp3) is 0.231. The van der Waals surface area contributed by atoms with E-state index in [1.807, 2.05) is 48.5 Å². The van der Waals surface area contributed by atoms with E-state index in [1.54, 1.807) is 30.3 Å². The molecule has 6 heteroatoms. The van der Waals surface area contributed by atoms with Gasteiger partial charge in [0, 0.05) is 17.0 Å². The third-order valence-electron chi connectivity index (χ3n) is 5.75. The van der Waals surface area contributed by atoms with Gasteiger partial charge in [-0.2, -0.15) is 0 Å². The predicted molar refractivity (Wildman–Crippen MR) is 123 cm³/mol. The topological polar surface area (TPSA) is 66.8 Å². The molecule has 32 heavy (non-hydrogen) atoms. The minimum Gasteiger partial charge on any atom is -0.493 e. The maximum Gasteiger partial charge on any atom is 0.326 e. The second-order valence-electron chi connectivity index (χ2n) is 7.79. The Labute approximate surface area is 192 Å². The molecule has 0 aliphatic carbocycles. The molecule has 3 aromatic rings. The van der Waals surface area contributed by atoms with Gasteiger partial charge in [-0.1, -0.05) is 66.2 Å². The number of nitrogens with zero attached hydrogens (tertiary/aromatic N) is 1. The molecule has 0 unspecified atom stereocenters. The van der Waals surface area contributed by atoms with E-state index in [9.17, 15) is 14.7 Å². The molecule has 1 aliphatic heterocycles. The number of hydrogen-bond donors (Lipinski definition) is 1. The van der Waals surface area contributed by atoms with Gasteiger partial charge in [-0.05, 0) is 48.2 Å². The summed E-state index contributed by atoms with van der Waals surface area (Å²) >= 11 is 6.38. The van der Waals surface area contributed by atoms with Crippen LogP contribution in [0, 0.1) is 0 Å². The average molecular weight is 450 g/mol. The Morgan fingerprint density at radius 3 is 2.47 bits per heavy atom. The largest absolute Gasteiger partial charge is 0.493 e. The number of benzene rings is 3. The molecule has 0 radical (unpaired) electrons. The smallest absolute Gasteiger partial charge is 0.326 e. The Morgan fingerprint density at radius 1 is 0.969 bits per heavy atom. The van der Waals surface area contributed by atoms with Crippen LogP contribution in [0.5, 0.6) is 5.75 Å². The van der Waals surface area contributed by atoms with Gasteiger partial charge in [0.1, 0.15) is 11.8 Å². The van der Waals surface area contributed by atoms with Crippen molar-refractivity contribution in [3.63, 3.8) is 0 Å². The molecule has 3 aromatic carbocycles. The van der Waals surface area contributed by atoms with Crippen molar-refractivity contribution < 1.29 is 19.4 Å².